The van der Waals surface area contributed by atoms with Crippen molar-refractivity contribution in [1.29, 1.82) is 0 Å². The molecular weight excluding hydrogens is 284 g/mol. The van der Waals surface area contributed by atoms with E-state index in [4.69, 9.17) is 5.73 Å². The van der Waals surface area contributed by atoms with Crippen molar-refractivity contribution in [1.82, 2.24) is 4.98 Å². The van der Waals surface area contributed by atoms with Crippen LogP contribution in [0.2, 0.25) is 0 Å². The summed E-state index contributed by atoms with van der Waals surface area (Å²) in [6, 6.07) is 12.0. The monoisotopic (exact) mass is 294 g/mol. The van der Waals surface area contributed by atoms with Gasteiger partial charge in [-0.3, -0.25) is 0 Å². The van der Waals surface area contributed by atoms with Crippen LogP contribution in [-0.4, -0.2) is 4.98 Å². The van der Waals surface area contributed by atoms with E-state index in [0.29, 0.717) is 5.82 Å². The van der Waals surface area contributed by atoms with Gasteiger partial charge in [0.1, 0.15) is 5.82 Å². The first-order valence-corrected chi connectivity index (χ1v) is 6.61. The van der Waals surface area contributed by atoms with Crippen molar-refractivity contribution in [3.8, 4) is 0 Å². The molecule has 0 radical (unpaired) electrons. The molecule has 0 saturated carbocycles. The second-order valence-electron chi connectivity index (χ2n) is 3.30. The lowest BCUT2D eigenvalue weighted by molar-refractivity contribution is 1.24. The van der Waals surface area contributed by atoms with Crippen LogP contribution in [0.3, 0.4) is 0 Å². The third-order valence-corrected chi connectivity index (χ3v) is 3.92. The second-order valence-corrected chi connectivity index (χ2v) is 5.20. The lowest BCUT2D eigenvalue weighted by Crippen LogP contribution is -1.88. The van der Waals surface area contributed by atoms with Gasteiger partial charge in [-0.15, -0.1) is 11.8 Å². The van der Waals surface area contributed by atoms with Crippen LogP contribution in [0.15, 0.2) is 52.0 Å². The zero-order valence-corrected chi connectivity index (χ0v) is 11.0. The van der Waals surface area contributed by atoms with Gasteiger partial charge in [0.05, 0.1) is 0 Å². The van der Waals surface area contributed by atoms with Crippen LogP contribution in [0.4, 0.5) is 5.82 Å². The van der Waals surface area contributed by atoms with Gasteiger partial charge in [-0.1, -0.05) is 34.1 Å². The number of nitrogens with two attached hydrogens (primary N) is 1. The molecule has 0 spiro atoms. The van der Waals surface area contributed by atoms with Gasteiger partial charge in [0, 0.05) is 21.3 Å². The highest BCUT2D eigenvalue weighted by Gasteiger charge is 2.00. The molecule has 82 valence electrons. The molecule has 2 nitrogen and oxygen atoms in total. The molecule has 0 amide bonds. The first kappa shape index (κ1) is 11.5. The van der Waals surface area contributed by atoms with E-state index in [1.54, 1.807) is 18.0 Å². The van der Waals surface area contributed by atoms with Gasteiger partial charge in [-0.2, -0.15) is 0 Å². The molecule has 2 aromatic rings. The first-order valence-electron chi connectivity index (χ1n) is 4.83. The molecule has 2 N–H and O–H groups in total. The number of aromatic nitrogens is 1. The molecule has 0 saturated heterocycles. The first-order chi connectivity index (χ1) is 7.75. The van der Waals surface area contributed by atoms with E-state index in [1.165, 1.54) is 5.56 Å². The third kappa shape index (κ3) is 3.00. The summed E-state index contributed by atoms with van der Waals surface area (Å²) in [4.78, 5) is 5.19. The van der Waals surface area contributed by atoms with Gasteiger partial charge in [-0.05, 0) is 23.8 Å². The lowest BCUT2D eigenvalue weighted by Gasteiger charge is -2.04. The number of hydrogen-bond donors (Lipinski definition) is 1. The van der Waals surface area contributed by atoms with E-state index in [2.05, 4.69) is 33.0 Å². The summed E-state index contributed by atoms with van der Waals surface area (Å²) in [5, 5.41) is 0. The Labute approximate surface area is 107 Å². The number of thioether (sulfide) groups is 1. The summed E-state index contributed by atoms with van der Waals surface area (Å²) >= 11 is 5.28. The largest absolute Gasteiger partial charge is 0.384 e. The predicted octanol–water partition coefficient (Wildman–Crippen LogP) is 3.72. The van der Waals surface area contributed by atoms with E-state index in [9.17, 15) is 0 Å². The van der Waals surface area contributed by atoms with E-state index in [-0.39, 0.29) is 0 Å². The molecule has 0 fully saturated rings. The van der Waals surface area contributed by atoms with Crippen molar-refractivity contribution in [3.63, 3.8) is 0 Å². The van der Waals surface area contributed by atoms with Crippen molar-refractivity contribution in [3.05, 3.63) is 52.6 Å². The molecule has 0 aliphatic carbocycles. The Hall–Kier alpha value is -1.00. The fourth-order valence-corrected chi connectivity index (χ4v) is 2.73. The second kappa shape index (κ2) is 5.37. The van der Waals surface area contributed by atoms with Crippen LogP contribution in [-0.2, 0) is 5.75 Å². The van der Waals surface area contributed by atoms with E-state index in [0.717, 1.165) is 15.1 Å². The summed E-state index contributed by atoms with van der Waals surface area (Å²) in [6.45, 7) is 0. The maximum Gasteiger partial charge on any atom is 0.123 e. The molecule has 16 heavy (non-hydrogen) atoms. The minimum absolute atomic E-state index is 0.560. The molecule has 1 aromatic heterocycles. The van der Waals surface area contributed by atoms with Crippen molar-refractivity contribution in [2.24, 2.45) is 0 Å². The van der Waals surface area contributed by atoms with Crippen molar-refractivity contribution < 1.29 is 0 Å². The average Bonchev–Trinajstić information content (AvgIpc) is 2.30. The van der Waals surface area contributed by atoms with Crippen LogP contribution >= 0.6 is 27.7 Å². The molecule has 2 rings (SSSR count). The zero-order chi connectivity index (χ0) is 11.4. The fourth-order valence-electron chi connectivity index (χ4n) is 1.25. The van der Waals surface area contributed by atoms with Gasteiger partial charge < -0.3 is 5.73 Å². The Bertz CT molecular complexity index is 471. The number of nitrogen functional groups attached to an aromatic ring is 1. The van der Waals surface area contributed by atoms with Crippen LogP contribution in [0.1, 0.15) is 5.56 Å². The standard InChI is InChI=1S/C12H11BrN2S/c13-11-4-2-1-3-9(11)8-16-10-5-6-12(14)15-7-10/h1-7H,8H2,(H2,14,15). The summed E-state index contributed by atoms with van der Waals surface area (Å²) in [7, 11) is 0. The van der Waals surface area contributed by atoms with Crippen LogP contribution in [0, 0.1) is 0 Å². The number of nitrogens with zero attached hydrogens (tertiary/aromatic N) is 1. The summed E-state index contributed by atoms with van der Waals surface area (Å²) < 4.78 is 1.14. The molecule has 0 aliphatic rings. The number of rotatable bonds is 3. The number of anilines is 1. The Kier molecular flexibility index (Phi) is 3.85. The fraction of sp³-hybridized carbons (Fsp3) is 0.0833. The Morgan fingerprint density at radius 2 is 2.00 bits per heavy atom. The minimum Gasteiger partial charge on any atom is -0.384 e. The topological polar surface area (TPSA) is 38.9 Å². The predicted molar refractivity (Wildman–Crippen MR) is 72.4 cm³/mol. The third-order valence-electron chi connectivity index (χ3n) is 2.11. The van der Waals surface area contributed by atoms with Crippen LogP contribution in [0.25, 0.3) is 0 Å². The van der Waals surface area contributed by atoms with Crippen LogP contribution < -0.4 is 5.73 Å². The number of hydrogen-bond acceptors (Lipinski definition) is 3. The molecule has 0 aliphatic heterocycles. The minimum atomic E-state index is 0.560. The van der Waals surface area contributed by atoms with E-state index >= 15 is 0 Å². The zero-order valence-electron chi connectivity index (χ0n) is 8.56. The number of benzene rings is 1. The molecule has 0 bridgehead atoms. The van der Waals surface area contributed by atoms with Gasteiger partial charge >= 0.3 is 0 Å². The molecular formula is C12H11BrN2S. The molecule has 4 heteroatoms. The Balaban J connectivity index is 2.02. The highest BCUT2D eigenvalue weighted by molar-refractivity contribution is 9.10. The van der Waals surface area contributed by atoms with Gasteiger partial charge in [0.15, 0.2) is 0 Å². The molecule has 0 unspecified atom stereocenters. The van der Waals surface area contributed by atoms with Gasteiger partial charge in [-0.25, -0.2) is 4.98 Å². The van der Waals surface area contributed by atoms with E-state index < -0.39 is 0 Å². The van der Waals surface area contributed by atoms with Crippen molar-refractivity contribution >= 4 is 33.5 Å². The van der Waals surface area contributed by atoms with Crippen molar-refractivity contribution in [2.45, 2.75) is 10.6 Å². The normalized spacial score (nSPS) is 10.3. The quantitative estimate of drug-likeness (QED) is 0.877. The smallest absolute Gasteiger partial charge is 0.123 e. The maximum atomic E-state index is 5.53. The lowest BCUT2D eigenvalue weighted by atomic mass is 10.2. The maximum absolute atomic E-state index is 5.53. The Morgan fingerprint density at radius 1 is 1.19 bits per heavy atom. The SMILES string of the molecule is Nc1ccc(SCc2ccccc2Br)cn1. The van der Waals surface area contributed by atoms with Crippen molar-refractivity contribution in [2.75, 3.05) is 5.73 Å². The summed E-state index contributed by atoms with van der Waals surface area (Å²) in [5.41, 5.74) is 6.81. The highest BCUT2D eigenvalue weighted by Crippen LogP contribution is 2.26. The molecule has 1 heterocycles. The van der Waals surface area contributed by atoms with Gasteiger partial charge in [0.25, 0.3) is 0 Å². The summed E-state index contributed by atoms with van der Waals surface area (Å²) in [6.07, 6.45) is 1.80. The van der Waals surface area contributed by atoms with E-state index in [1.807, 2.05) is 24.3 Å². The molecule has 1 aromatic carbocycles. The Morgan fingerprint density at radius 3 is 2.69 bits per heavy atom. The number of pyridine rings is 1. The van der Waals surface area contributed by atoms with Gasteiger partial charge in [0.2, 0.25) is 0 Å². The average molecular weight is 295 g/mol. The highest BCUT2D eigenvalue weighted by atomic mass is 79.9. The summed E-state index contributed by atoms with van der Waals surface area (Å²) in [5.74, 6) is 1.48. The number of halogens is 1. The molecule has 0 atom stereocenters. The van der Waals surface area contributed by atoms with Crippen LogP contribution in [0.5, 0.6) is 0 Å².